The minimum absolute atomic E-state index is 0.0960. The van der Waals surface area contributed by atoms with E-state index in [0.717, 1.165) is 5.52 Å². The normalized spacial score (nSPS) is 17.4. The molecule has 0 unspecified atom stereocenters. The zero-order chi connectivity index (χ0) is 17.6. The van der Waals surface area contributed by atoms with Gasteiger partial charge in [0.25, 0.3) is 0 Å². The Labute approximate surface area is 148 Å². The molecule has 2 N–H and O–H groups in total. The Morgan fingerprint density at radius 2 is 2.08 bits per heavy atom. The first-order valence-corrected chi connectivity index (χ1v) is 8.16. The number of oxazole rings is 1. The fourth-order valence-electron chi connectivity index (χ4n) is 2.98. The summed E-state index contributed by atoms with van der Waals surface area (Å²) in [6, 6.07) is 12.7. The Bertz CT molecular complexity index is 965. The molecule has 2 aromatic carbocycles. The third kappa shape index (κ3) is 2.74. The lowest BCUT2D eigenvalue weighted by molar-refractivity contribution is -0.123. The lowest BCUT2D eigenvalue weighted by Gasteiger charge is -2.18. The zero-order valence-corrected chi connectivity index (χ0v) is 13.9. The maximum absolute atomic E-state index is 12.3. The molecule has 1 saturated heterocycles. The molecular weight excluding hydrogens is 342 g/mol. The van der Waals surface area contributed by atoms with Crippen molar-refractivity contribution in [2.24, 2.45) is 11.7 Å². The first-order valence-electron chi connectivity index (χ1n) is 7.78. The Kier molecular flexibility index (Phi) is 3.69. The predicted octanol–water partition coefficient (Wildman–Crippen LogP) is 2.99. The van der Waals surface area contributed by atoms with Gasteiger partial charge in [-0.3, -0.25) is 9.59 Å². The summed E-state index contributed by atoms with van der Waals surface area (Å²) in [4.78, 5) is 29.6. The molecule has 0 saturated carbocycles. The van der Waals surface area contributed by atoms with Crippen molar-refractivity contribution in [2.75, 3.05) is 11.4 Å². The van der Waals surface area contributed by atoms with Gasteiger partial charge in [-0.2, -0.15) is 0 Å². The zero-order valence-electron chi connectivity index (χ0n) is 13.1. The molecule has 0 aliphatic carbocycles. The number of para-hydroxylation sites is 2. The number of primary amides is 1. The second kappa shape index (κ2) is 5.89. The summed E-state index contributed by atoms with van der Waals surface area (Å²) in [6.45, 7) is 0.227. The number of carbonyl (C=O) groups excluding carboxylic acids is 2. The van der Waals surface area contributed by atoms with E-state index in [9.17, 15) is 9.59 Å². The van der Waals surface area contributed by atoms with Crippen LogP contribution < -0.4 is 10.6 Å². The first kappa shape index (κ1) is 15.7. The minimum atomic E-state index is -0.503. The third-order valence-corrected chi connectivity index (χ3v) is 4.62. The quantitative estimate of drug-likeness (QED) is 0.782. The number of anilines is 1. The largest absolute Gasteiger partial charge is 0.436 e. The van der Waals surface area contributed by atoms with Gasteiger partial charge in [0.2, 0.25) is 17.7 Å². The second-order valence-corrected chi connectivity index (χ2v) is 6.37. The fourth-order valence-corrected chi connectivity index (χ4v) is 3.20. The monoisotopic (exact) mass is 355 g/mol. The molecule has 2 amide bonds. The summed E-state index contributed by atoms with van der Waals surface area (Å²) in [5, 5.41) is 0.415. The number of amides is 2. The number of nitrogens with two attached hydrogens (primary N) is 1. The van der Waals surface area contributed by atoms with Crippen molar-refractivity contribution < 1.29 is 14.0 Å². The smallest absolute Gasteiger partial charge is 0.227 e. The number of fused-ring (bicyclic) bond motifs is 1. The van der Waals surface area contributed by atoms with Crippen molar-refractivity contribution in [3.05, 3.63) is 47.5 Å². The van der Waals surface area contributed by atoms with Gasteiger partial charge in [-0.25, -0.2) is 4.98 Å². The Balaban J connectivity index is 1.74. The van der Waals surface area contributed by atoms with Crippen LogP contribution in [0.1, 0.15) is 6.42 Å². The van der Waals surface area contributed by atoms with Crippen molar-refractivity contribution in [3.8, 4) is 11.5 Å². The van der Waals surface area contributed by atoms with Crippen LogP contribution in [0.15, 0.2) is 46.9 Å². The van der Waals surface area contributed by atoms with Gasteiger partial charge in [0, 0.05) is 18.5 Å². The van der Waals surface area contributed by atoms with Gasteiger partial charge in [-0.15, -0.1) is 0 Å². The topological polar surface area (TPSA) is 89.4 Å². The van der Waals surface area contributed by atoms with Crippen LogP contribution in [0.4, 0.5) is 5.69 Å². The second-order valence-electron chi connectivity index (χ2n) is 5.96. The highest BCUT2D eigenvalue weighted by molar-refractivity contribution is 6.34. The number of hydrogen-bond acceptors (Lipinski definition) is 4. The van der Waals surface area contributed by atoms with Gasteiger partial charge in [-0.05, 0) is 30.3 Å². The minimum Gasteiger partial charge on any atom is -0.436 e. The fraction of sp³-hybridized carbons (Fsp3) is 0.167. The number of aromatic nitrogens is 1. The van der Waals surface area contributed by atoms with Gasteiger partial charge < -0.3 is 15.1 Å². The van der Waals surface area contributed by atoms with E-state index >= 15 is 0 Å². The van der Waals surface area contributed by atoms with Crippen LogP contribution in [-0.2, 0) is 9.59 Å². The van der Waals surface area contributed by atoms with E-state index in [2.05, 4.69) is 4.98 Å². The number of nitrogens with zero attached hydrogens (tertiary/aromatic N) is 2. The average Bonchev–Trinajstić information content (AvgIpc) is 3.19. The van der Waals surface area contributed by atoms with Gasteiger partial charge in [0.1, 0.15) is 5.52 Å². The number of halogens is 1. The molecule has 126 valence electrons. The Hall–Kier alpha value is -2.86. The van der Waals surface area contributed by atoms with E-state index in [-0.39, 0.29) is 18.9 Å². The Morgan fingerprint density at radius 1 is 1.28 bits per heavy atom. The summed E-state index contributed by atoms with van der Waals surface area (Å²) in [6.07, 6.45) is 0.0960. The predicted molar refractivity (Wildman–Crippen MR) is 94.1 cm³/mol. The van der Waals surface area contributed by atoms with Gasteiger partial charge in [-0.1, -0.05) is 23.7 Å². The molecule has 25 heavy (non-hydrogen) atoms. The standard InChI is InChI=1S/C18H14ClN3O3/c19-12-6-5-10(18-21-13-3-1-2-4-15(13)25-18)7-14(12)22-9-11(17(20)24)8-16(22)23/h1-7,11H,8-9H2,(H2,20,24)/t11-/m0/s1. The van der Waals surface area contributed by atoms with E-state index in [4.69, 9.17) is 21.8 Å². The highest BCUT2D eigenvalue weighted by Crippen LogP contribution is 2.35. The van der Waals surface area contributed by atoms with Gasteiger partial charge >= 0.3 is 0 Å². The van der Waals surface area contributed by atoms with E-state index in [0.29, 0.717) is 27.7 Å². The van der Waals surface area contributed by atoms with E-state index in [1.165, 1.54) is 4.90 Å². The van der Waals surface area contributed by atoms with Crippen LogP contribution >= 0.6 is 11.6 Å². The summed E-state index contributed by atoms with van der Waals surface area (Å²) in [5.74, 6) is -0.726. The molecule has 1 fully saturated rings. The third-order valence-electron chi connectivity index (χ3n) is 4.31. The van der Waals surface area contributed by atoms with Crippen molar-refractivity contribution in [1.82, 2.24) is 4.98 Å². The number of hydrogen-bond donors (Lipinski definition) is 1. The molecule has 2 heterocycles. The highest BCUT2D eigenvalue weighted by atomic mass is 35.5. The molecule has 3 aromatic rings. The molecule has 1 aliphatic heterocycles. The number of carbonyl (C=O) groups is 2. The van der Waals surface area contributed by atoms with Crippen LogP contribution in [0.3, 0.4) is 0 Å². The molecule has 0 bridgehead atoms. The molecule has 7 heteroatoms. The molecule has 6 nitrogen and oxygen atoms in total. The van der Waals surface area contributed by atoms with Crippen LogP contribution in [0.25, 0.3) is 22.6 Å². The van der Waals surface area contributed by atoms with Gasteiger partial charge in [0.15, 0.2) is 5.58 Å². The van der Waals surface area contributed by atoms with E-state index in [1.54, 1.807) is 18.2 Å². The summed E-state index contributed by atoms with van der Waals surface area (Å²) >= 11 is 6.27. The maximum Gasteiger partial charge on any atom is 0.227 e. The summed E-state index contributed by atoms with van der Waals surface area (Å²) in [5.41, 5.74) is 7.98. The molecular formula is C18H14ClN3O3. The SMILES string of the molecule is NC(=O)[C@H]1CC(=O)N(c2cc(-c3nc4ccccc4o3)ccc2Cl)C1. The maximum atomic E-state index is 12.3. The molecule has 1 aliphatic rings. The van der Waals surface area contributed by atoms with Crippen LogP contribution in [0, 0.1) is 5.92 Å². The van der Waals surface area contributed by atoms with Crippen molar-refractivity contribution in [2.45, 2.75) is 6.42 Å². The summed E-state index contributed by atoms with van der Waals surface area (Å²) in [7, 11) is 0. The molecule has 0 spiro atoms. The lowest BCUT2D eigenvalue weighted by Crippen LogP contribution is -2.28. The van der Waals surface area contributed by atoms with Crippen LogP contribution in [-0.4, -0.2) is 23.3 Å². The van der Waals surface area contributed by atoms with Crippen molar-refractivity contribution in [1.29, 1.82) is 0 Å². The first-order chi connectivity index (χ1) is 12.0. The highest BCUT2D eigenvalue weighted by Gasteiger charge is 2.35. The lowest BCUT2D eigenvalue weighted by atomic mass is 10.1. The van der Waals surface area contributed by atoms with E-state index in [1.807, 2.05) is 24.3 Å². The molecule has 1 aromatic heterocycles. The van der Waals surface area contributed by atoms with Gasteiger partial charge in [0.05, 0.1) is 16.6 Å². The Morgan fingerprint density at radius 3 is 2.80 bits per heavy atom. The average molecular weight is 356 g/mol. The van der Waals surface area contributed by atoms with Crippen LogP contribution in [0.2, 0.25) is 5.02 Å². The van der Waals surface area contributed by atoms with Crippen molar-refractivity contribution >= 4 is 40.2 Å². The number of benzene rings is 2. The molecule has 0 radical (unpaired) electrons. The molecule has 4 rings (SSSR count). The number of rotatable bonds is 3. The van der Waals surface area contributed by atoms with Crippen molar-refractivity contribution in [3.63, 3.8) is 0 Å². The van der Waals surface area contributed by atoms with Crippen LogP contribution in [0.5, 0.6) is 0 Å². The molecule has 1 atom stereocenters. The van der Waals surface area contributed by atoms with E-state index < -0.39 is 11.8 Å². The summed E-state index contributed by atoms with van der Waals surface area (Å²) < 4.78 is 5.77.